The zero-order valence-electron chi connectivity index (χ0n) is 11.9. The van der Waals surface area contributed by atoms with Crippen molar-refractivity contribution in [3.63, 3.8) is 0 Å². The fraction of sp³-hybridized carbons (Fsp3) is 0.357. The van der Waals surface area contributed by atoms with E-state index in [1.54, 1.807) is 0 Å². The fourth-order valence-corrected chi connectivity index (χ4v) is 1.62. The number of rotatable bonds is 6. The number of carbonyl (C=O) groups is 3. The lowest BCUT2D eigenvalue weighted by molar-refractivity contribution is -0.123. The zero-order chi connectivity index (χ0) is 16.5. The van der Waals surface area contributed by atoms with Gasteiger partial charge in [-0.05, 0) is 24.6 Å². The van der Waals surface area contributed by atoms with Gasteiger partial charge in [-0.15, -0.1) is 0 Å². The van der Waals surface area contributed by atoms with Crippen LogP contribution in [-0.4, -0.2) is 31.1 Å². The molecule has 0 aliphatic carbocycles. The Hall–Kier alpha value is -2.15. The Bertz CT molecular complexity index is 566. The van der Waals surface area contributed by atoms with Gasteiger partial charge in [-0.25, -0.2) is 14.0 Å². The standard InChI is InChI=1S/C14H16ClFN2O4/c1-2-3-6-17-14(21)18-12(19)8-22-13(20)10-7-9(15)4-5-11(10)16/h4-5,7H,2-3,6,8H2,1H3,(H2,17,18,19,21). The highest BCUT2D eigenvalue weighted by atomic mass is 35.5. The third kappa shape index (κ3) is 6.09. The molecular formula is C14H16ClFN2O4. The van der Waals surface area contributed by atoms with Gasteiger partial charge in [-0.1, -0.05) is 24.9 Å². The van der Waals surface area contributed by atoms with E-state index >= 15 is 0 Å². The predicted molar refractivity (Wildman–Crippen MR) is 78.1 cm³/mol. The second kappa shape index (κ2) is 8.99. The smallest absolute Gasteiger partial charge is 0.341 e. The van der Waals surface area contributed by atoms with Crippen molar-refractivity contribution in [2.75, 3.05) is 13.2 Å². The van der Waals surface area contributed by atoms with Gasteiger partial charge in [-0.3, -0.25) is 10.1 Å². The number of carbonyl (C=O) groups excluding carboxylic acids is 3. The summed E-state index contributed by atoms with van der Waals surface area (Å²) in [6.45, 7) is 1.69. The van der Waals surface area contributed by atoms with Gasteiger partial charge in [0.2, 0.25) is 0 Å². The molecule has 2 N–H and O–H groups in total. The van der Waals surface area contributed by atoms with Crippen molar-refractivity contribution >= 4 is 29.5 Å². The van der Waals surface area contributed by atoms with Gasteiger partial charge in [0.15, 0.2) is 6.61 Å². The van der Waals surface area contributed by atoms with E-state index in [-0.39, 0.29) is 10.6 Å². The molecule has 22 heavy (non-hydrogen) atoms. The van der Waals surface area contributed by atoms with Gasteiger partial charge >= 0.3 is 12.0 Å². The molecule has 0 atom stereocenters. The molecule has 8 heteroatoms. The first-order valence-electron chi connectivity index (χ1n) is 6.64. The van der Waals surface area contributed by atoms with Crippen molar-refractivity contribution in [3.8, 4) is 0 Å². The zero-order valence-corrected chi connectivity index (χ0v) is 12.7. The van der Waals surface area contributed by atoms with Crippen LogP contribution < -0.4 is 10.6 Å². The number of urea groups is 1. The number of imide groups is 1. The van der Waals surface area contributed by atoms with Crippen molar-refractivity contribution in [2.24, 2.45) is 0 Å². The summed E-state index contributed by atoms with van der Waals surface area (Å²) in [6.07, 6.45) is 1.68. The quantitative estimate of drug-likeness (QED) is 0.619. The second-order valence-corrected chi connectivity index (χ2v) is 4.79. The first-order chi connectivity index (χ1) is 10.4. The Morgan fingerprint density at radius 3 is 2.73 bits per heavy atom. The average Bonchev–Trinajstić information content (AvgIpc) is 2.47. The molecule has 0 unspecified atom stereocenters. The van der Waals surface area contributed by atoms with E-state index in [1.165, 1.54) is 6.07 Å². The van der Waals surface area contributed by atoms with Gasteiger partial charge < -0.3 is 10.1 Å². The van der Waals surface area contributed by atoms with Gasteiger partial charge in [0.05, 0.1) is 5.56 Å². The molecule has 0 saturated carbocycles. The van der Waals surface area contributed by atoms with Crippen molar-refractivity contribution in [1.29, 1.82) is 0 Å². The Kier molecular flexibility index (Phi) is 7.31. The summed E-state index contributed by atoms with van der Waals surface area (Å²) in [4.78, 5) is 34.3. The molecule has 0 aromatic heterocycles. The second-order valence-electron chi connectivity index (χ2n) is 4.36. The molecule has 0 bridgehead atoms. The molecule has 6 nitrogen and oxygen atoms in total. The van der Waals surface area contributed by atoms with Crippen LogP contribution >= 0.6 is 11.6 Å². The molecule has 0 aliphatic rings. The van der Waals surface area contributed by atoms with E-state index in [1.807, 2.05) is 12.2 Å². The van der Waals surface area contributed by atoms with Crippen molar-refractivity contribution in [1.82, 2.24) is 10.6 Å². The Morgan fingerprint density at radius 2 is 2.05 bits per heavy atom. The third-order valence-electron chi connectivity index (χ3n) is 2.55. The van der Waals surface area contributed by atoms with Crippen molar-refractivity contribution in [3.05, 3.63) is 34.6 Å². The van der Waals surface area contributed by atoms with Crippen molar-refractivity contribution in [2.45, 2.75) is 19.8 Å². The molecule has 0 saturated heterocycles. The lowest BCUT2D eigenvalue weighted by Crippen LogP contribution is -2.41. The van der Waals surface area contributed by atoms with Crippen molar-refractivity contribution < 1.29 is 23.5 Å². The molecule has 1 rings (SSSR count). The minimum absolute atomic E-state index is 0.160. The molecule has 0 spiro atoms. The van der Waals surface area contributed by atoms with Gasteiger partial charge in [0.25, 0.3) is 5.91 Å². The minimum atomic E-state index is -1.04. The van der Waals surface area contributed by atoms with Crippen LogP contribution in [0.25, 0.3) is 0 Å². The van der Waals surface area contributed by atoms with Crippen LogP contribution in [0.4, 0.5) is 9.18 Å². The Labute approximate surface area is 132 Å². The first kappa shape index (κ1) is 17.9. The third-order valence-corrected chi connectivity index (χ3v) is 2.79. The fourth-order valence-electron chi connectivity index (χ4n) is 1.45. The number of halogens is 2. The largest absolute Gasteiger partial charge is 0.452 e. The number of nitrogens with one attached hydrogen (secondary N) is 2. The summed E-state index contributed by atoms with van der Waals surface area (Å²) in [7, 11) is 0. The highest BCUT2D eigenvalue weighted by molar-refractivity contribution is 6.30. The van der Waals surface area contributed by atoms with Crippen LogP contribution in [0.5, 0.6) is 0 Å². The first-order valence-corrected chi connectivity index (χ1v) is 7.01. The summed E-state index contributed by atoms with van der Waals surface area (Å²) in [5, 5.41) is 4.61. The molecular weight excluding hydrogens is 315 g/mol. The molecule has 120 valence electrons. The number of unbranched alkanes of at least 4 members (excludes halogenated alkanes) is 1. The molecule has 1 aromatic rings. The Morgan fingerprint density at radius 1 is 1.32 bits per heavy atom. The van der Waals surface area contributed by atoms with E-state index in [9.17, 15) is 18.8 Å². The van der Waals surface area contributed by atoms with Crippen LogP contribution in [-0.2, 0) is 9.53 Å². The molecule has 1 aromatic carbocycles. The molecule has 0 heterocycles. The van der Waals surface area contributed by atoms with Crippen LogP contribution in [0.15, 0.2) is 18.2 Å². The Balaban J connectivity index is 2.42. The number of benzene rings is 1. The van der Waals surface area contributed by atoms with E-state index in [2.05, 4.69) is 10.1 Å². The van der Waals surface area contributed by atoms with Gasteiger partial charge in [0.1, 0.15) is 5.82 Å². The number of hydrogen-bond acceptors (Lipinski definition) is 4. The van der Waals surface area contributed by atoms with E-state index < -0.39 is 30.3 Å². The SMILES string of the molecule is CCCCNC(=O)NC(=O)COC(=O)c1cc(Cl)ccc1F. The topological polar surface area (TPSA) is 84.5 Å². The van der Waals surface area contributed by atoms with E-state index in [0.29, 0.717) is 6.54 Å². The number of amides is 3. The number of ether oxygens (including phenoxy) is 1. The maximum atomic E-state index is 13.4. The maximum absolute atomic E-state index is 13.4. The molecule has 3 amide bonds. The normalized spacial score (nSPS) is 9.95. The van der Waals surface area contributed by atoms with Crippen LogP contribution in [0.3, 0.4) is 0 Å². The highest BCUT2D eigenvalue weighted by Gasteiger charge is 2.16. The summed E-state index contributed by atoms with van der Waals surface area (Å²) in [5.41, 5.74) is -0.382. The predicted octanol–water partition coefficient (Wildman–Crippen LogP) is 2.26. The van der Waals surface area contributed by atoms with E-state index in [0.717, 1.165) is 25.0 Å². The van der Waals surface area contributed by atoms with Crippen LogP contribution in [0.2, 0.25) is 5.02 Å². The summed E-state index contributed by atoms with van der Waals surface area (Å²) in [6, 6.07) is 2.71. The monoisotopic (exact) mass is 330 g/mol. The average molecular weight is 331 g/mol. The minimum Gasteiger partial charge on any atom is -0.452 e. The maximum Gasteiger partial charge on any atom is 0.341 e. The summed E-state index contributed by atoms with van der Waals surface area (Å²) >= 11 is 5.65. The summed E-state index contributed by atoms with van der Waals surface area (Å²) < 4.78 is 18.0. The lowest BCUT2D eigenvalue weighted by atomic mass is 10.2. The van der Waals surface area contributed by atoms with Gasteiger partial charge in [0, 0.05) is 11.6 Å². The highest BCUT2D eigenvalue weighted by Crippen LogP contribution is 2.15. The molecule has 0 radical (unpaired) electrons. The molecule has 0 aliphatic heterocycles. The van der Waals surface area contributed by atoms with Crippen LogP contribution in [0.1, 0.15) is 30.1 Å². The lowest BCUT2D eigenvalue weighted by Gasteiger charge is -2.07. The number of hydrogen-bond donors (Lipinski definition) is 2. The van der Waals surface area contributed by atoms with Gasteiger partial charge in [-0.2, -0.15) is 0 Å². The van der Waals surface area contributed by atoms with E-state index in [4.69, 9.17) is 11.6 Å². The van der Waals surface area contributed by atoms with Crippen LogP contribution in [0, 0.1) is 5.82 Å². The number of esters is 1. The molecule has 0 fully saturated rings. The summed E-state index contributed by atoms with van der Waals surface area (Å²) in [5.74, 6) is -2.67.